The highest BCUT2D eigenvalue weighted by molar-refractivity contribution is 8.03. The molecule has 192 valence electrons. The van der Waals surface area contributed by atoms with Gasteiger partial charge in [-0.2, -0.15) is 5.26 Å². The average Bonchev–Trinajstić information content (AvgIpc) is 2.88. The number of methoxy groups -OCH3 is 1. The number of aromatic hydroxyl groups is 1. The zero-order chi connectivity index (χ0) is 27.1. The van der Waals surface area contributed by atoms with Gasteiger partial charge in [0.05, 0.1) is 41.0 Å². The summed E-state index contributed by atoms with van der Waals surface area (Å²) >= 11 is 1.17. The fraction of sp³-hybridized carbons (Fsp3) is 0.250. The van der Waals surface area contributed by atoms with Crippen molar-refractivity contribution in [3.05, 3.63) is 87.6 Å². The largest absolute Gasteiger partial charge is 0.504 e. The van der Waals surface area contributed by atoms with Gasteiger partial charge >= 0.3 is 5.97 Å². The number of thioether (sulfide) groups is 1. The van der Waals surface area contributed by atoms with E-state index in [0.29, 0.717) is 16.3 Å². The summed E-state index contributed by atoms with van der Waals surface area (Å²) in [6, 6.07) is 12.6. The number of allylic oxidation sites excluding steroid dienone is 2. The van der Waals surface area contributed by atoms with E-state index in [1.54, 1.807) is 19.1 Å². The summed E-state index contributed by atoms with van der Waals surface area (Å²) in [7, 11) is 1.42. The van der Waals surface area contributed by atoms with Gasteiger partial charge in [0.15, 0.2) is 11.5 Å². The minimum absolute atomic E-state index is 0.00688. The predicted molar refractivity (Wildman–Crippen MR) is 144 cm³/mol. The minimum atomic E-state index is -0.803. The Morgan fingerprint density at radius 1 is 1.24 bits per heavy atom. The molecule has 8 nitrogen and oxygen atoms in total. The van der Waals surface area contributed by atoms with E-state index in [1.165, 1.54) is 31.0 Å². The number of hydrogen-bond acceptors (Lipinski definition) is 8. The molecule has 1 aliphatic heterocycles. The van der Waals surface area contributed by atoms with E-state index in [9.17, 15) is 20.0 Å². The van der Waals surface area contributed by atoms with Gasteiger partial charge in [0.2, 0.25) is 5.91 Å². The second kappa shape index (κ2) is 12.2. The summed E-state index contributed by atoms with van der Waals surface area (Å²) in [5.74, 6) is -1.47. The Kier molecular flexibility index (Phi) is 9.04. The molecule has 1 amide bonds. The van der Waals surface area contributed by atoms with E-state index in [-0.39, 0.29) is 40.9 Å². The third kappa shape index (κ3) is 6.16. The number of dihydropyridines is 1. The Balaban J connectivity index is 1.97. The number of nitriles is 1. The number of ether oxygens (including phenoxy) is 2. The topological polar surface area (TPSA) is 121 Å². The molecule has 0 fully saturated rings. The maximum atomic E-state index is 13.0. The van der Waals surface area contributed by atoms with Crippen molar-refractivity contribution in [1.29, 1.82) is 5.26 Å². The van der Waals surface area contributed by atoms with Crippen molar-refractivity contribution in [2.45, 2.75) is 26.7 Å². The first-order valence-corrected chi connectivity index (χ1v) is 12.5. The number of hydrogen-bond donors (Lipinski definition) is 3. The van der Waals surface area contributed by atoms with Gasteiger partial charge in [-0.25, -0.2) is 4.79 Å². The summed E-state index contributed by atoms with van der Waals surface area (Å²) in [4.78, 5) is 25.8. The summed E-state index contributed by atoms with van der Waals surface area (Å²) < 4.78 is 10.6. The van der Waals surface area contributed by atoms with Gasteiger partial charge in [0.25, 0.3) is 0 Å². The molecule has 0 saturated heterocycles. The molecule has 1 aliphatic rings. The minimum Gasteiger partial charge on any atom is -0.504 e. The smallest absolute Gasteiger partial charge is 0.337 e. The van der Waals surface area contributed by atoms with Crippen LogP contribution in [0.15, 0.2) is 70.9 Å². The van der Waals surface area contributed by atoms with E-state index in [2.05, 4.69) is 23.3 Å². The highest BCUT2D eigenvalue weighted by atomic mass is 32.2. The van der Waals surface area contributed by atoms with Crippen LogP contribution in [0.1, 0.15) is 29.5 Å². The summed E-state index contributed by atoms with van der Waals surface area (Å²) in [5, 5.41) is 26.8. The van der Waals surface area contributed by atoms with Crippen molar-refractivity contribution in [1.82, 2.24) is 5.32 Å². The second-order valence-electron chi connectivity index (χ2n) is 8.37. The highest BCUT2D eigenvalue weighted by Gasteiger charge is 2.36. The van der Waals surface area contributed by atoms with Gasteiger partial charge < -0.3 is 25.2 Å². The highest BCUT2D eigenvalue weighted by Crippen LogP contribution is 2.43. The van der Waals surface area contributed by atoms with Crippen LogP contribution in [0, 0.1) is 25.2 Å². The van der Waals surface area contributed by atoms with Gasteiger partial charge in [-0.1, -0.05) is 48.7 Å². The Bertz CT molecular complexity index is 1320. The molecule has 0 radical (unpaired) electrons. The number of para-hydroxylation sites is 1. The molecule has 9 heteroatoms. The number of carbonyl (C=O) groups is 2. The first-order valence-electron chi connectivity index (χ1n) is 11.5. The van der Waals surface area contributed by atoms with E-state index in [4.69, 9.17) is 9.47 Å². The molecule has 37 heavy (non-hydrogen) atoms. The van der Waals surface area contributed by atoms with Gasteiger partial charge in [-0.05, 0) is 49.6 Å². The second-order valence-corrected chi connectivity index (χ2v) is 9.36. The van der Waals surface area contributed by atoms with Gasteiger partial charge in [0, 0.05) is 11.4 Å². The molecular weight excluding hydrogens is 490 g/mol. The lowest BCUT2D eigenvalue weighted by atomic mass is 9.82. The zero-order valence-corrected chi connectivity index (χ0v) is 22.0. The van der Waals surface area contributed by atoms with Crippen molar-refractivity contribution in [3.63, 3.8) is 0 Å². The third-order valence-corrected chi connectivity index (χ3v) is 6.85. The molecule has 0 aliphatic carbocycles. The molecule has 2 aromatic rings. The van der Waals surface area contributed by atoms with Crippen molar-refractivity contribution in [3.8, 4) is 17.6 Å². The van der Waals surface area contributed by atoms with Gasteiger partial charge in [0.1, 0.15) is 6.61 Å². The summed E-state index contributed by atoms with van der Waals surface area (Å²) in [6.45, 7) is 9.14. The summed E-state index contributed by atoms with van der Waals surface area (Å²) in [6.07, 6.45) is 1.46. The molecule has 1 heterocycles. The molecule has 3 N–H and O–H groups in total. The molecule has 0 saturated carbocycles. The van der Waals surface area contributed by atoms with Gasteiger partial charge in [-0.15, -0.1) is 0 Å². The van der Waals surface area contributed by atoms with Crippen LogP contribution in [-0.4, -0.2) is 36.5 Å². The fourth-order valence-corrected chi connectivity index (χ4v) is 4.93. The van der Waals surface area contributed by atoms with Crippen molar-refractivity contribution in [2.24, 2.45) is 0 Å². The SMILES string of the molecule is C=CCOC(=O)C1=C(C)NC(SCC(=O)Nc2c(C)cccc2C)=C(C#N)[C@@H]1c1ccc(O)c(OC)c1. The Morgan fingerprint density at radius 3 is 2.57 bits per heavy atom. The lowest BCUT2D eigenvalue weighted by Gasteiger charge is -2.29. The number of esters is 1. The number of carbonyl (C=O) groups excluding carboxylic acids is 2. The molecular formula is C28H29N3O5S. The van der Waals surface area contributed by atoms with Crippen LogP contribution >= 0.6 is 11.8 Å². The van der Waals surface area contributed by atoms with Crippen LogP contribution in [0.25, 0.3) is 0 Å². The Hall–Kier alpha value is -4.16. The molecule has 0 bridgehead atoms. The first kappa shape index (κ1) is 27.4. The monoisotopic (exact) mass is 519 g/mol. The number of nitrogens with zero attached hydrogens (tertiary/aromatic N) is 1. The van der Waals surface area contributed by atoms with Gasteiger partial charge in [-0.3, -0.25) is 4.79 Å². The number of amides is 1. The van der Waals surface area contributed by atoms with Crippen LogP contribution in [0.3, 0.4) is 0 Å². The molecule has 0 spiro atoms. The predicted octanol–water partition coefficient (Wildman–Crippen LogP) is 4.81. The molecule has 0 unspecified atom stereocenters. The number of rotatable bonds is 9. The maximum Gasteiger partial charge on any atom is 0.337 e. The number of benzene rings is 2. The zero-order valence-electron chi connectivity index (χ0n) is 21.2. The number of phenols is 1. The molecule has 2 aromatic carbocycles. The lowest BCUT2D eigenvalue weighted by molar-refractivity contribution is -0.138. The van der Waals surface area contributed by atoms with Crippen LogP contribution < -0.4 is 15.4 Å². The molecule has 0 aromatic heterocycles. The fourth-order valence-electron chi connectivity index (χ4n) is 4.04. The molecule has 3 rings (SSSR count). The van der Waals surface area contributed by atoms with E-state index in [1.807, 2.05) is 32.0 Å². The van der Waals surface area contributed by atoms with Crippen molar-refractivity contribution >= 4 is 29.3 Å². The molecule has 1 atom stereocenters. The normalized spacial score (nSPS) is 14.9. The number of phenolic OH excluding ortho intramolecular Hbond substituents is 1. The standard InChI is InChI=1S/C28H29N3O5S/c1-6-12-36-28(34)24-18(4)30-27(37-15-23(33)31-26-16(2)8-7-9-17(26)3)20(14-29)25(24)19-10-11-21(32)22(13-19)35-5/h6-11,13,25,30,32H,1,12,15H2,2-5H3,(H,31,33)/t25-/m0/s1. The third-order valence-electron chi connectivity index (χ3n) is 5.83. The summed E-state index contributed by atoms with van der Waals surface area (Å²) in [5.41, 5.74) is 4.20. The van der Waals surface area contributed by atoms with E-state index < -0.39 is 11.9 Å². The van der Waals surface area contributed by atoms with Crippen LogP contribution in [-0.2, 0) is 14.3 Å². The van der Waals surface area contributed by atoms with Crippen molar-refractivity contribution < 1.29 is 24.2 Å². The average molecular weight is 520 g/mol. The van der Waals surface area contributed by atoms with Crippen LogP contribution in [0.4, 0.5) is 5.69 Å². The van der Waals surface area contributed by atoms with Crippen molar-refractivity contribution in [2.75, 3.05) is 24.8 Å². The maximum absolute atomic E-state index is 13.0. The Labute approximate surface area is 220 Å². The number of nitrogens with one attached hydrogen (secondary N) is 2. The quantitative estimate of drug-likeness (QED) is 0.319. The lowest BCUT2D eigenvalue weighted by Crippen LogP contribution is -2.29. The van der Waals surface area contributed by atoms with E-state index in [0.717, 1.165) is 16.8 Å². The van der Waals surface area contributed by atoms with E-state index >= 15 is 0 Å². The van der Waals surface area contributed by atoms with Crippen LogP contribution in [0.5, 0.6) is 11.5 Å². The van der Waals surface area contributed by atoms with Crippen LogP contribution in [0.2, 0.25) is 0 Å². The first-order chi connectivity index (χ1) is 17.7. The Morgan fingerprint density at radius 2 is 1.95 bits per heavy atom. The number of anilines is 1. The number of aryl methyl sites for hydroxylation is 2.